The molecule has 0 atom stereocenters. The quantitative estimate of drug-likeness (QED) is 0.444. The van der Waals surface area contributed by atoms with Crippen molar-refractivity contribution in [2.24, 2.45) is 0 Å². The Hall–Kier alpha value is -3.16. The van der Waals surface area contributed by atoms with Gasteiger partial charge >= 0.3 is 6.09 Å². The number of carbonyl (C=O) groups excluding carboxylic acids is 1. The fourth-order valence-corrected chi connectivity index (χ4v) is 4.68. The van der Waals surface area contributed by atoms with Gasteiger partial charge in [0.05, 0.1) is 4.90 Å². The topological polar surface area (TPSA) is 75.7 Å². The molecule has 0 saturated heterocycles. The lowest BCUT2D eigenvalue weighted by atomic mass is 9.99. The number of rotatable bonds is 8. The minimum atomic E-state index is -4.22. The summed E-state index contributed by atoms with van der Waals surface area (Å²) in [5, 5.41) is 0. The summed E-state index contributed by atoms with van der Waals surface area (Å²) < 4.78 is 33.3. The molecule has 1 amide bonds. The van der Waals surface area contributed by atoms with E-state index in [1.807, 2.05) is 67.6 Å². The Bertz CT molecular complexity index is 1130. The van der Waals surface area contributed by atoms with Crippen molar-refractivity contribution in [3.63, 3.8) is 0 Å². The van der Waals surface area contributed by atoms with Gasteiger partial charge in [-0.15, -0.1) is 4.41 Å². The van der Waals surface area contributed by atoms with Gasteiger partial charge in [0.15, 0.2) is 0 Å². The summed E-state index contributed by atoms with van der Waals surface area (Å²) in [4.78, 5) is 13.2. The third-order valence-corrected chi connectivity index (χ3v) is 6.67. The van der Waals surface area contributed by atoms with E-state index in [9.17, 15) is 13.2 Å². The Kier molecular flexibility index (Phi) is 8.12. The number of nitrogens with one attached hydrogen (secondary N) is 1. The Morgan fingerprint density at radius 1 is 0.853 bits per heavy atom. The zero-order valence-electron chi connectivity index (χ0n) is 20.1. The van der Waals surface area contributed by atoms with E-state index in [2.05, 4.69) is 5.43 Å². The lowest BCUT2D eigenvalue weighted by Gasteiger charge is -2.30. The van der Waals surface area contributed by atoms with E-state index in [1.54, 1.807) is 32.9 Å². The predicted octanol–water partition coefficient (Wildman–Crippen LogP) is 5.28. The second-order valence-electron chi connectivity index (χ2n) is 9.27. The number of benzene rings is 3. The van der Waals surface area contributed by atoms with Crippen LogP contribution in [0.5, 0.6) is 0 Å². The minimum absolute atomic E-state index is 0.00892. The van der Waals surface area contributed by atoms with Gasteiger partial charge in [0.1, 0.15) is 5.60 Å². The normalized spacial score (nSPS) is 11.9. The van der Waals surface area contributed by atoms with Crippen LogP contribution in [0.1, 0.15) is 37.5 Å². The zero-order chi connectivity index (χ0) is 24.8. The Labute approximate surface area is 202 Å². The van der Waals surface area contributed by atoms with Crippen LogP contribution in [0, 0.1) is 6.92 Å². The molecule has 0 aromatic heterocycles. The van der Waals surface area contributed by atoms with Gasteiger partial charge in [-0.25, -0.2) is 10.2 Å². The van der Waals surface area contributed by atoms with E-state index in [-0.39, 0.29) is 4.90 Å². The van der Waals surface area contributed by atoms with E-state index < -0.39 is 27.8 Å². The first-order valence-electron chi connectivity index (χ1n) is 11.2. The van der Waals surface area contributed by atoms with Crippen LogP contribution in [0.4, 0.5) is 4.79 Å². The van der Waals surface area contributed by atoms with Gasteiger partial charge in [-0.1, -0.05) is 78.4 Å². The SMILES string of the molecule is Cc1ccc(S(=O)(=O)N(NC(Cc2ccccc2)Cc2ccccc2)C(=O)OC(C)(C)C)cc1. The van der Waals surface area contributed by atoms with Crippen molar-refractivity contribution in [3.8, 4) is 0 Å². The number of amides is 1. The highest BCUT2D eigenvalue weighted by molar-refractivity contribution is 7.89. The molecular formula is C27H32N2O4S. The Morgan fingerprint density at radius 2 is 1.32 bits per heavy atom. The largest absolute Gasteiger partial charge is 0.442 e. The lowest BCUT2D eigenvalue weighted by molar-refractivity contribution is 0.0300. The monoisotopic (exact) mass is 480 g/mol. The summed E-state index contributed by atoms with van der Waals surface area (Å²) in [7, 11) is -4.22. The smallest absolute Gasteiger partial charge is 0.439 e. The third kappa shape index (κ3) is 7.17. The van der Waals surface area contributed by atoms with Crippen molar-refractivity contribution < 1.29 is 17.9 Å². The number of hydrogen-bond acceptors (Lipinski definition) is 5. The average molecular weight is 481 g/mol. The summed E-state index contributed by atoms with van der Waals surface area (Å²) in [6.45, 7) is 6.98. The number of aryl methyl sites for hydroxylation is 1. The molecule has 180 valence electrons. The first-order valence-corrected chi connectivity index (χ1v) is 12.7. The van der Waals surface area contributed by atoms with E-state index in [4.69, 9.17) is 4.74 Å². The molecule has 1 N–H and O–H groups in total. The second kappa shape index (κ2) is 10.8. The van der Waals surface area contributed by atoms with Crippen molar-refractivity contribution in [2.45, 2.75) is 57.1 Å². The molecule has 3 aromatic rings. The predicted molar refractivity (Wildman–Crippen MR) is 134 cm³/mol. The summed E-state index contributed by atoms with van der Waals surface area (Å²) in [6, 6.07) is 25.5. The van der Waals surface area contributed by atoms with Gasteiger partial charge in [0.2, 0.25) is 0 Å². The van der Waals surface area contributed by atoms with Gasteiger partial charge < -0.3 is 4.74 Å². The number of hydrazine groups is 1. The molecule has 0 fully saturated rings. The van der Waals surface area contributed by atoms with Crippen LogP contribution in [-0.2, 0) is 27.6 Å². The van der Waals surface area contributed by atoms with Crippen molar-refractivity contribution >= 4 is 16.1 Å². The minimum Gasteiger partial charge on any atom is -0.442 e. The number of sulfonamides is 1. The molecule has 0 aliphatic carbocycles. The molecule has 0 aliphatic rings. The molecule has 34 heavy (non-hydrogen) atoms. The lowest BCUT2D eigenvalue weighted by Crippen LogP contribution is -2.54. The van der Waals surface area contributed by atoms with Crippen molar-refractivity contribution in [1.29, 1.82) is 0 Å². The van der Waals surface area contributed by atoms with Crippen LogP contribution in [0.3, 0.4) is 0 Å². The van der Waals surface area contributed by atoms with Gasteiger partial charge in [0, 0.05) is 6.04 Å². The first-order chi connectivity index (χ1) is 16.0. The van der Waals surface area contributed by atoms with Gasteiger partial charge in [-0.05, 0) is 63.8 Å². The van der Waals surface area contributed by atoms with Crippen LogP contribution in [0.25, 0.3) is 0 Å². The molecule has 0 saturated carbocycles. The van der Waals surface area contributed by atoms with E-state index >= 15 is 0 Å². The molecule has 0 radical (unpaired) electrons. The summed E-state index contributed by atoms with van der Waals surface area (Å²) >= 11 is 0. The maximum atomic E-state index is 13.6. The van der Waals surface area contributed by atoms with E-state index in [0.717, 1.165) is 16.7 Å². The summed E-state index contributed by atoms with van der Waals surface area (Å²) in [5.41, 5.74) is 5.09. The second-order valence-corrected chi connectivity index (χ2v) is 11.1. The molecular weight excluding hydrogens is 448 g/mol. The standard InChI is InChI=1S/C27H32N2O4S/c1-21-15-17-25(18-16-21)34(31,32)29(26(30)33-27(2,3)4)28-24(19-22-11-7-5-8-12-22)20-23-13-9-6-10-14-23/h5-18,24,28H,19-20H2,1-4H3. The number of ether oxygens (including phenoxy) is 1. The van der Waals surface area contributed by atoms with E-state index in [0.29, 0.717) is 17.3 Å². The van der Waals surface area contributed by atoms with Crippen LogP contribution < -0.4 is 5.43 Å². The van der Waals surface area contributed by atoms with Gasteiger partial charge in [0.25, 0.3) is 10.0 Å². The fraction of sp³-hybridized carbons (Fsp3) is 0.296. The molecule has 3 aromatic carbocycles. The van der Waals surface area contributed by atoms with Crippen molar-refractivity contribution in [1.82, 2.24) is 9.84 Å². The van der Waals surface area contributed by atoms with Crippen molar-refractivity contribution in [2.75, 3.05) is 0 Å². The van der Waals surface area contributed by atoms with Crippen LogP contribution in [-0.4, -0.2) is 30.6 Å². The highest BCUT2D eigenvalue weighted by Crippen LogP contribution is 2.20. The van der Waals surface area contributed by atoms with Crippen LogP contribution >= 0.6 is 0 Å². The number of carbonyl (C=O) groups is 1. The van der Waals surface area contributed by atoms with Crippen molar-refractivity contribution in [3.05, 3.63) is 102 Å². The Morgan fingerprint density at radius 3 is 1.76 bits per heavy atom. The average Bonchev–Trinajstić information content (AvgIpc) is 2.77. The molecule has 0 aliphatic heterocycles. The zero-order valence-corrected chi connectivity index (χ0v) is 20.9. The Balaban J connectivity index is 1.98. The maximum Gasteiger partial charge on any atom is 0.439 e. The van der Waals surface area contributed by atoms with Gasteiger partial charge in [-0.2, -0.15) is 8.42 Å². The molecule has 0 bridgehead atoms. The highest BCUT2D eigenvalue weighted by atomic mass is 32.2. The molecule has 6 nitrogen and oxygen atoms in total. The third-order valence-electron chi connectivity index (χ3n) is 5.07. The van der Waals surface area contributed by atoms with E-state index in [1.165, 1.54) is 12.1 Å². The molecule has 3 rings (SSSR count). The summed E-state index contributed by atoms with van der Waals surface area (Å²) in [5.74, 6) is 0. The number of nitrogens with zero attached hydrogens (tertiary/aromatic N) is 1. The fourth-order valence-electron chi connectivity index (χ4n) is 3.47. The highest BCUT2D eigenvalue weighted by Gasteiger charge is 2.35. The summed E-state index contributed by atoms with van der Waals surface area (Å²) in [6.07, 6.45) is 0.0517. The molecule has 0 unspecified atom stereocenters. The number of hydrogen-bond donors (Lipinski definition) is 1. The maximum absolute atomic E-state index is 13.6. The van der Waals surface area contributed by atoms with Gasteiger partial charge in [-0.3, -0.25) is 0 Å². The molecule has 0 spiro atoms. The molecule has 0 heterocycles. The first kappa shape index (κ1) is 25.5. The van der Waals surface area contributed by atoms with Crippen LogP contribution in [0.15, 0.2) is 89.8 Å². The van der Waals surface area contributed by atoms with Crippen LogP contribution in [0.2, 0.25) is 0 Å². The molecule has 7 heteroatoms.